The average molecular weight is 223 g/mol. The van der Waals surface area contributed by atoms with Crippen molar-refractivity contribution in [1.29, 1.82) is 0 Å². The predicted molar refractivity (Wildman–Crippen MR) is 64.6 cm³/mol. The Balaban J connectivity index is 2.57. The van der Waals surface area contributed by atoms with Crippen LogP contribution >= 0.6 is 0 Å². The molecular formula is C12H21N3O. The zero-order valence-electron chi connectivity index (χ0n) is 10.4. The second-order valence-corrected chi connectivity index (χ2v) is 4.07. The van der Waals surface area contributed by atoms with Gasteiger partial charge in [-0.3, -0.25) is 9.48 Å². The highest BCUT2D eigenvalue weighted by atomic mass is 16.1. The Morgan fingerprint density at radius 1 is 1.56 bits per heavy atom. The summed E-state index contributed by atoms with van der Waals surface area (Å²) in [6, 6.07) is 0. The molecule has 0 fully saturated rings. The number of hydrogen-bond acceptors (Lipinski definition) is 3. The summed E-state index contributed by atoms with van der Waals surface area (Å²) in [5, 5.41) is 7.35. The van der Waals surface area contributed by atoms with E-state index < -0.39 is 0 Å². The maximum atomic E-state index is 12.0. The Kier molecular flexibility index (Phi) is 5.19. The first kappa shape index (κ1) is 12.9. The smallest absolute Gasteiger partial charge is 0.170 e. The topological polar surface area (TPSA) is 46.9 Å². The van der Waals surface area contributed by atoms with Crippen molar-refractivity contribution in [2.75, 3.05) is 13.1 Å². The second kappa shape index (κ2) is 6.43. The van der Waals surface area contributed by atoms with Gasteiger partial charge < -0.3 is 5.32 Å². The lowest BCUT2D eigenvalue weighted by Crippen LogP contribution is -2.26. The third-order valence-electron chi connectivity index (χ3n) is 2.52. The second-order valence-electron chi connectivity index (χ2n) is 4.07. The van der Waals surface area contributed by atoms with Crippen LogP contribution in [0, 0.1) is 5.92 Å². The standard InChI is InChI=1S/C12H21N3O/c1-4-6-15-9-11(8-14-15)12(16)10(3)7-13-5-2/h8-10,13H,4-7H2,1-3H3. The van der Waals surface area contributed by atoms with E-state index in [1.54, 1.807) is 6.20 Å². The summed E-state index contributed by atoms with van der Waals surface area (Å²) >= 11 is 0. The zero-order valence-corrected chi connectivity index (χ0v) is 10.4. The van der Waals surface area contributed by atoms with E-state index in [9.17, 15) is 4.79 Å². The van der Waals surface area contributed by atoms with Crippen LogP contribution in [0.2, 0.25) is 0 Å². The summed E-state index contributed by atoms with van der Waals surface area (Å²) in [6.07, 6.45) is 4.54. The fourth-order valence-electron chi connectivity index (χ4n) is 1.58. The van der Waals surface area contributed by atoms with E-state index in [2.05, 4.69) is 17.3 Å². The summed E-state index contributed by atoms with van der Waals surface area (Å²) in [5.74, 6) is 0.183. The van der Waals surface area contributed by atoms with E-state index in [4.69, 9.17) is 0 Å². The van der Waals surface area contributed by atoms with Crippen molar-refractivity contribution in [1.82, 2.24) is 15.1 Å². The first-order chi connectivity index (χ1) is 7.69. The number of carbonyl (C=O) groups excluding carboxylic acids is 1. The van der Waals surface area contributed by atoms with E-state index in [1.165, 1.54) is 0 Å². The van der Waals surface area contributed by atoms with E-state index in [0.717, 1.165) is 31.6 Å². The van der Waals surface area contributed by atoms with Crippen molar-refractivity contribution in [3.8, 4) is 0 Å². The molecule has 0 aromatic carbocycles. The number of hydrogen-bond donors (Lipinski definition) is 1. The minimum absolute atomic E-state index is 0.0132. The minimum atomic E-state index is 0.0132. The van der Waals surface area contributed by atoms with E-state index >= 15 is 0 Å². The molecule has 1 N–H and O–H groups in total. The largest absolute Gasteiger partial charge is 0.316 e. The molecule has 0 aliphatic carbocycles. The minimum Gasteiger partial charge on any atom is -0.316 e. The molecule has 1 heterocycles. The molecular weight excluding hydrogens is 202 g/mol. The third kappa shape index (κ3) is 3.45. The quantitative estimate of drug-likeness (QED) is 0.716. The number of nitrogens with zero attached hydrogens (tertiary/aromatic N) is 2. The van der Waals surface area contributed by atoms with Gasteiger partial charge in [-0.1, -0.05) is 20.8 Å². The van der Waals surface area contributed by atoms with E-state index in [-0.39, 0.29) is 11.7 Å². The van der Waals surface area contributed by atoms with Crippen molar-refractivity contribution in [2.45, 2.75) is 33.7 Å². The van der Waals surface area contributed by atoms with Gasteiger partial charge in [0, 0.05) is 25.2 Å². The maximum Gasteiger partial charge on any atom is 0.170 e. The molecule has 0 spiro atoms. The molecule has 1 aromatic rings. The van der Waals surface area contributed by atoms with Crippen molar-refractivity contribution in [3.63, 3.8) is 0 Å². The summed E-state index contributed by atoms with van der Waals surface area (Å²) < 4.78 is 1.83. The molecule has 1 aromatic heterocycles. The third-order valence-corrected chi connectivity index (χ3v) is 2.52. The monoisotopic (exact) mass is 223 g/mol. The summed E-state index contributed by atoms with van der Waals surface area (Å²) in [6.45, 7) is 8.57. The molecule has 1 unspecified atom stereocenters. The number of nitrogens with one attached hydrogen (secondary N) is 1. The van der Waals surface area contributed by atoms with Crippen LogP contribution in [-0.4, -0.2) is 28.7 Å². The van der Waals surface area contributed by atoms with Crippen LogP contribution in [-0.2, 0) is 6.54 Å². The molecule has 0 saturated carbocycles. The molecule has 0 saturated heterocycles. The van der Waals surface area contributed by atoms with Gasteiger partial charge in [-0.15, -0.1) is 0 Å². The van der Waals surface area contributed by atoms with Crippen LogP contribution in [0.25, 0.3) is 0 Å². The number of rotatable bonds is 7. The number of aryl methyl sites for hydroxylation is 1. The highest BCUT2D eigenvalue weighted by molar-refractivity contribution is 5.97. The SMILES string of the molecule is CCCn1cc(C(=O)C(C)CNCC)cn1. The molecule has 4 heteroatoms. The number of Topliss-reactive ketones (excluding diaryl/α,β-unsaturated/α-hetero) is 1. The van der Waals surface area contributed by atoms with Crippen LogP contribution in [0.4, 0.5) is 0 Å². The van der Waals surface area contributed by atoms with Gasteiger partial charge in [-0.25, -0.2) is 0 Å². The highest BCUT2D eigenvalue weighted by Gasteiger charge is 2.16. The molecule has 0 bridgehead atoms. The van der Waals surface area contributed by atoms with Gasteiger partial charge in [0.15, 0.2) is 5.78 Å². The molecule has 0 radical (unpaired) electrons. The Morgan fingerprint density at radius 2 is 2.31 bits per heavy atom. The van der Waals surface area contributed by atoms with Crippen LogP contribution in [0.1, 0.15) is 37.6 Å². The van der Waals surface area contributed by atoms with Crippen LogP contribution in [0.3, 0.4) is 0 Å². The molecule has 0 amide bonds. The number of carbonyl (C=O) groups is 1. The molecule has 16 heavy (non-hydrogen) atoms. The Hall–Kier alpha value is -1.16. The van der Waals surface area contributed by atoms with Crippen LogP contribution in [0.15, 0.2) is 12.4 Å². The highest BCUT2D eigenvalue weighted by Crippen LogP contribution is 2.07. The van der Waals surface area contributed by atoms with Crippen molar-refractivity contribution in [3.05, 3.63) is 18.0 Å². The molecule has 1 rings (SSSR count). The lowest BCUT2D eigenvalue weighted by molar-refractivity contribution is 0.0929. The van der Waals surface area contributed by atoms with Gasteiger partial charge in [-0.2, -0.15) is 5.10 Å². The maximum absolute atomic E-state index is 12.0. The van der Waals surface area contributed by atoms with Gasteiger partial charge >= 0.3 is 0 Å². The van der Waals surface area contributed by atoms with E-state index in [1.807, 2.05) is 24.7 Å². The lowest BCUT2D eigenvalue weighted by atomic mass is 10.0. The number of ketones is 1. The normalized spacial score (nSPS) is 12.7. The number of aromatic nitrogens is 2. The summed E-state index contributed by atoms with van der Waals surface area (Å²) in [5.41, 5.74) is 0.721. The van der Waals surface area contributed by atoms with Gasteiger partial charge in [0.05, 0.1) is 11.8 Å². The predicted octanol–water partition coefficient (Wildman–Crippen LogP) is 1.72. The average Bonchev–Trinajstić information content (AvgIpc) is 2.74. The van der Waals surface area contributed by atoms with Crippen LogP contribution < -0.4 is 5.32 Å². The molecule has 1 atom stereocenters. The van der Waals surface area contributed by atoms with Gasteiger partial charge in [0.25, 0.3) is 0 Å². The van der Waals surface area contributed by atoms with Gasteiger partial charge in [0.1, 0.15) is 0 Å². The molecule has 0 aliphatic heterocycles. The Morgan fingerprint density at radius 3 is 2.94 bits per heavy atom. The Labute approximate surface area is 97.0 Å². The molecule has 4 nitrogen and oxygen atoms in total. The Bertz CT molecular complexity index is 333. The first-order valence-electron chi connectivity index (χ1n) is 5.96. The lowest BCUT2D eigenvalue weighted by Gasteiger charge is -2.08. The van der Waals surface area contributed by atoms with Gasteiger partial charge in [-0.05, 0) is 13.0 Å². The van der Waals surface area contributed by atoms with Crippen molar-refractivity contribution in [2.24, 2.45) is 5.92 Å². The van der Waals surface area contributed by atoms with Crippen LogP contribution in [0.5, 0.6) is 0 Å². The van der Waals surface area contributed by atoms with Gasteiger partial charge in [0.2, 0.25) is 0 Å². The zero-order chi connectivity index (χ0) is 12.0. The summed E-state index contributed by atoms with van der Waals surface area (Å²) in [4.78, 5) is 12.0. The fraction of sp³-hybridized carbons (Fsp3) is 0.667. The molecule has 90 valence electrons. The first-order valence-corrected chi connectivity index (χ1v) is 5.96. The summed E-state index contributed by atoms with van der Waals surface area (Å²) in [7, 11) is 0. The fourth-order valence-corrected chi connectivity index (χ4v) is 1.58. The van der Waals surface area contributed by atoms with E-state index in [0.29, 0.717) is 0 Å². The van der Waals surface area contributed by atoms with Crippen molar-refractivity contribution < 1.29 is 4.79 Å². The molecule has 0 aliphatic rings. The van der Waals surface area contributed by atoms with Crippen molar-refractivity contribution >= 4 is 5.78 Å².